The molecule has 0 amide bonds. The lowest BCUT2D eigenvalue weighted by Crippen LogP contribution is -2.24. The summed E-state index contributed by atoms with van der Waals surface area (Å²) in [6.07, 6.45) is 0. The lowest BCUT2D eigenvalue weighted by molar-refractivity contribution is 0.00663. The molecule has 0 unspecified atom stereocenters. The average molecular weight is 360 g/mol. The van der Waals surface area contributed by atoms with Gasteiger partial charge in [-0.05, 0) is 56.2 Å². The van der Waals surface area contributed by atoms with Gasteiger partial charge in [0.2, 0.25) is 0 Å². The second-order valence-corrected chi connectivity index (χ2v) is 6.60. The fourth-order valence-corrected chi connectivity index (χ4v) is 2.35. The van der Waals surface area contributed by atoms with Gasteiger partial charge < -0.3 is 14.2 Å². The maximum absolute atomic E-state index is 13.8. The van der Waals surface area contributed by atoms with Gasteiger partial charge in [0.05, 0.1) is 19.8 Å². The van der Waals surface area contributed by atoms with Crippen LogP contribution in [0.4, 0.5) is 4.39 Å². The maximum Gasteiger partial charge on any atom is 0.342 e. The Kier molecular flexibility index (Phi) is 5.65. The Balaban J connectivity index is 2.50. The van der Waals surface area contributed by atoms with Crippen LogP contribution in [-0.4, -0.2) is 31.8 Å². The monoisotopic (exact) mass is 360 g/mol. The van der Waals surface area contributed by atoms with Crippen molar-refractivity contribution >= 4 is 11.9 Å². The molecule has 2 aromatic rings. The zero-order chi connectivity index (χ0) is 19.5. The van der Waals surface area contributed by atoms with Crippen LogP contribution in [0.1, 0.15) is 41.5 Å². The summed E-state index contributed by atoms with van der Waals surface area (Å²) in [5, 5.41) is 0. The normalized spacial score (nSPS) is 11.0. The molecular formula is C20H21FO5. The van der Waals surface area contributed by atoms with E-state index in [1.54, 1.807) is 39.0 Å². The number of hydrogen-bond acceptors (Lipinski definition) is 5. The molecule has 0 N–H and O–H groups in total. The van der Waals surface area contributed by atoms with Gasteiger partial charge in [0, 0.05) is 0 Å². The highest BCUT2D eigenvalue weighted by Crippen LogP contribution is 2.29. The number of ether oxygens (including phenoxy) is 3. The third kappa shape index (κ3) is 4.39. The molecule has 0 heterocycles. The first kappa shape index (κ1) is 19.4. The Hall–Kier alpha value is -2.89. The molecular weight excluding hydrogens is 339 g/mol. The Morgan fingerprint density at radius 2 is 1.46 bits per heavy atom. The summed E-state index contributed by atoms with van der Waals surface area (Å²) in [6.45, 7) is 5.30. The molecule has 0 spiro atoms. The van der Waals surface area contributed by atoms with Crippen LogP contribution >= 0.6 is 0 Å². The molecule has 138 valence electrons. The van der Waals surface area contributed by atoms with E-state index >= 15 is 0 Å². The number of halogens is 1. The van der Waals surface area contributed by atoms with Crippen molar-refractivity contribution in [2.75, 3.05) is 14.2 Å². The lowest BCUT2D eigenvalue weighted by atomic mass is 10.00. The van der Waals surface area contributed by atoms with E-state index in [4.69, 9.17) is 9.47 Å². The van der Waals surface area contributed by atoms with Crippen LogP contribution in [0.5, 0.6) is 5.75 Å². The SMILES string of the molecule is COC(=O)c1cc(-c2ccc(OC)c(C(=O)OC(C)(C)C)c2)ccc1F. The summed E-state index contributed by atoms with van der Waals surface area (Å²) in [5.41, 5.74) is 0.561. The standard InChI is InChI=1S/C20H21FO5/c1-20(2,3)26-19(23)15-11-13(7-9-17(15)24-4)12-6-8-16(21)14(10-12)18(22)25-5/h6-11H,1-5H3. The number of benzene rings is 2. The summed E-state index contributed by atoms with van der Waals surface area (Å²) in [7, 11) is 2.64. The van der Waals surface area contributed by atoms with Gasteiger partial charge in [0.15, 0.2) is 0 Å². The fraction of sp³-hybridized carbons (Fsp3) is 0.300. The van der Waals surface area contributed by atoms with Gasteiger partial charge >= 0.3 is 11.9 Å². The second kappa shape index (κ2) is 7.56. The summed E-state index contributed by atoms with van der Waals surface area (Å²) in [4.78, 5) is 24.2. The molecule has 0 aliphatic heterocycles. The Morgan fingerprint density at radius 1 is 0.885 bits per heavy atom. The predicted octanol–water partition coefficient (Wildman–Crippen LogP) is 4.24. The first-order valence-electron chi connectivity index (χ1n) is 7.96. The second-order valence-electron chi connectivity index (χ2n) is 6.60. The van der Waals surface area contributed by atoms with E-state index in [9.17, 15) is 14.0 Å². The van der Waals surface area contributed by atoms with E-state index in [0.29, 0.717) is 16.9 Å². The van der Waals surface area contributed by atoms with Gasteiger partial charge in [-0.25, -0.2) is 14.0 Å². The number of rotatable bonds is 4. The summed E-state index contributed by atoms with van der Waals surface area (Å²) in [5.74, 6) is -1.63. The van der Waals surface area contributed by atoms with Crippen molar-refractivity contribution < 1.29 is 28.2 Å². The highest BCUT2D eigenvalue weighted by atomic mass is 19.1. The maximum atomic E-state index is 13.8. The van der Waals surface area contributed by atoms with E-state index < -0.39 is 23.4 Å². The molecule has 0 saturated heterocycles. The van der Waals surface area contributed by atoms with E-state index in [1.165, 1.54) is 32.4 Å². The van der Waals surface area contributed by atoms with Crippen molar-refractivity contribution in [3.05, 3.63) is 53.3 Å². The van der Waals surface area contributed by atoms with E-state index in [0.717, 1.165) is 0 Å². The first-order valence-corrected chi connectivity index (χ1v) is 7.96. The van der Waals surface area contributed by atoms with Crippen molar-refractivity contribution in [1.29, 1.82) is 0 Å². The van der Waals surface area contributed by atoms with E-state index in [2.05, 4.69) is 4.74 Å². The number of hydrogen-bond donors (Lipinski definition) is 0. The molecule has 0 radical (unpaired) electrons. The Labute approximate surface area is 151 Å². The number of esters is 2. The quantitative estimate of drug-likeness (QED) is 0.763. The van der Waals surface area contributed by atoms with Gasteiger partial charge in [0.25, 0.3) is 0 Å². The van der Waals surface area contributed by atoms with Gasteiger partial charge in [-0.3, -0.25) is 0 Å². The molecule has 0 aromatic heterocycles. The van der Waals surface area contributed by atoms with Crippen molar-refractivity contribution in [2.24, 2.45) is 0 Å². The molecule has 2 aromatic carbocycles. The molecule has 2 rings (SSSR count). The largest absolute Gasteiger partial charge is 0.496 e. The minimum Gasteiger partial charge on any atom is -0.496 e. The topological polar surface area (TPSA) is 61.8 Å². The van der Waals surface area contributed by atoms with Crippen LogP contribution in [0, 0.1) is 5.82 Å². The Morgan fingerprint density at radius 3 is 2.00 bits per heavy atom. The summed E-state index contributed by atoms with van der Waals surface area (Å²) in [6, 6.07) is 8.99. The van der Waals surface area contributed by atoms with Gasteiger partial charge in [-0.15, -0.1) is 0 Å². The number of methoxy groups -OCH3 is 2. The minimum absolute atomic E-state index is 0.181. The average Bonchev–Trinajstić information content (AvgIpc) is 2.59. The molecule has 6 heteroatoms. The van der Waals surface area contributed by atoms with Crippen molar-refractivity contribution in [3.8, 4) is 16.9 Å². The van der Waals surface area contributed by atoms with Crippen LogP contribution in [0.15, 0.2) is 36.4 Å². The number of carbonyl (C=O) groups is 2. The zero-order valence-corrected chi connectivity index (χ0v) is 15.4. The molecule has 26 heavy (non-hydrogen) atoms. The molecule has 5 nitrogen and oxygen atoms in total. The number of carbonyl (C=O) groups excluding carboxylic acids is 2. The Bertz CT molecular complexity index is 837. The highest BCUT2D eigenvalue weighted by Gasteiger charge is 2.22. The van der Waals surface area contributed by atoms with Gasteiger partial charge in [-0.2, -0.15) is 0 Å². The van der Waals surface area contributed by atoms with Crippen LogP contribution in [0.2, 0.25) is 0 Å². The van der Waals surface area contributed by atoms with Gasteiger partial charge in [0.1, 0.15) is 22.7 Å². The fourth-order valence-electron chi connectivity index (χ4n) is 2.35. The van der Waals surface area contributed by atoms with Crippen LogP contribution in [0.25, 0.3) is 11.1 Å². The molecule has 0 atom stereocenters. The zero-order valence-electron chi connectivity index (χ0n) is 15.4. The molecule has 0 saturated carbocycles. The first-order chi connectivity index (χ1) is 12.2. The van der Waals surface area contributed by atoms with E-state index in [-0.39, 0.29) is 11.1 Å². The highest BCUT2D eigenvalue weighted by molar-refractivity contribution is 5.95. The van der Waals surface area contributed by atoms with Crippen LogP contribution < -0.4 is 4.74 Å². The summed E-state index contributed by atoms with van der Waals surface area (Å²) >= 11 is 0. The van der Waals surface area contributed by atoms with Crippen LogP contribution in [0.3, 0.4) is 0 Å². The smallest absolute Gasteiger partial charge is 0.342 e. The molecule has 0 bridgehead atoms. The molecule has 0 aliphatic carbocycles. The van der Waals surface area contributed by atoms with Crippen molar-refractivity contribution in [1.82, 2.24) is 0 Å². The minimum atomic E-state index is -0.773. The lowest BCUT2D eigenvalue weighted by Gasteiger charge is -2.20. The third-order valence-electron chi connectivity index (χ3n) is 3.52. The van der Waals surface area contributed by atoms with E-state index in [1.807, 2.05) is 0 Å². The predicted molar refractivity (Wildman–Crippen MR) is 94.9 cm³/mol. The van der Waals surface area contributed by atoms with Crippen LogP contribution in [-0.2, 0) is 9.47 Å². The van der Waals surface area contributed by atoms with Gasteiger partial charge in [-0.1, -0.05) is 12.1 Å². The summed E-state index contributed by atoms with van der Waals surface area (Å²) < 4.78 is 29.1. The van der Waals surface area contributed by atoms with Crippen molar-refractivity contribution in [2.45, 2.75) is 26.4 Å². The molecule has 0 aliphatic rings. The van der Waals surface area contributed by atoms with Crippen molar-refractivity contribution in [3.63, 3.8) is 0 Å². The third-order valence-corrected chi connectivity index (χ3v) is 3.52. The molecule has 0 fully saturated rings.